The molecule has 1 fully saturated rings. The molecule has 1 heterocycles. The van der Waals surface area contributed by atoms with E-state index in [4.69, 9.17) is 9.47 Å². The molecule has 160 valence electrons. The molecule has 7 nitrogen and oxygen atoms in total. The van der Waals surface area contributed by atoms with Crippen molar-refractivity contribution in [2.24, 2.45) is 0 Å². The Hall–Kier alpha value is -3.22. The van der Waals surface area contributed by atoms with E-state index in [0.717, 1.165) is 30.5 Å². The third-order valence-electron chi connectivity index (χ3n) is 5.47. The molecule has 0 aliphatic carbocycles. The number of methoxy groups -OCH3 is 2. The van der Waals surface area contributed by atoms with Crippen molar-refractivity contribution >= 4 is 11.9 Å². The van der Waals surface area contributed by atoms with Crippen LogP contribution in [0.25, 0.3) is 0 Å². The second-order valence-corrected chi connectivity index (χ2v) is 7.33. The number of benzene rings is 2. The zero-order valence-corrected chi connectivity index (χ0v) is 17.7. The number of urea groups is 1. The van der Waals surface area contributed by atoms with Gasteiger partial charge in [0.25, 0.3) is 5.91 Å². The number of likely N-dealkylation sites (tertiary alicyclic amines) is 1. The summed E-state index contributed by atoms with van der Waals surface area (Å²) in [5.41, 5.74) is 2.52. The lowest BCUT2D eigenvalue weighted by Gasteiger charge is -2.32. The second-order valence-electron chi connectivity index (χ2n) is 7.33. The van der Waals surface area contributed by atoms with E-state index in [1.165, 1.54) is 0 Å². The van der Waals surface area contributed by atoms with E-state index in [9.17, 15) is 9.59 Å². The van der Waals surface area contributed by atoms with E-state index in [0.29, 0.717) is 30.2 Å². The largest absolute Gasteiger partial charge is 0.497 e. The average molecular weight is 412 g/mol. The van der Waals surface area contributed by atoms with Gasteiger partial charge in [-0.15, -0.1) is 0 Å². The van der Waals surface area contributed by atoms with Crippen LogP contribution in [0.3, 0.4) is 0 Å². The molecule has 0 spiro atoms. The standard InChI is InChI=1S/C23H29N3O4/c1-24-23(28)26-11-5-8-18(15-26)16-6-4-7-17(12-16)22(27)25-14-19-13-20(29-2)9-10-21(19)30-3/h4,6-7,9-10,12-13,18H,5,8,11,14-15H2,1-3H3,(H,24,28)(H,25,27). The Kier molecular flexibility index (Phi) is 7.17. The SMILES string of the molecule is CNC(=O)N1CCCC(c2cccc(C(=O)NCc3cc(OC)ccc3OC)c2)C1. The van der Waals surface area contributed by atoms with Gasteiger partial charge in [0.05, 0.1) is 14.2 Å². The van der Waals surface area contributed by atoms with Gasteiger partial charge < -0.3 is 25.0 Å². The van der Waals surface area contributed by atoms with E-state index in [-0.39, 0.29) is 17.9 Å². The van der Waals surface area contributed by atoms with Gasteiger partial charge in [0.1, 0.15) is 11.5 Å². The van der Waals surface area contributed by atoms with Crippen LogP contribution in [0, 0.1) is 0 Å². The van der Waals surface area contributed by atoms with Crippen molar-refractivity contribution in [2.75, 3.05) is 34.4 Å². The first-order valence-electron chi connectivity index (χ1n) is 10.1. The normalized spacial score (nSPS) is 16.0. The van der Waals surface area contributed by atoms with Gasteiger partial charge in [0.2, 0.25) is 0 Å². The number of ether oxygens (including phenoxy) is 2. The number of nitrogens with zero attached hydrogens (tertiary/aromatic N) is 1. The molecule has 1 unspecified atom stereocenters. The summed E-state index contributed by atoms with van der Waals surface area (Å²) < 4.78 is 10.6. The topological polar surface area (TPSA) is 79.9 Å². The van der Waals surface area contributed by atoms with E-state index < -0.39 is 0 Å². The van der Waals surface area contributed by atoms with Crippen LogP contribution in [0.15, 0.2) is 42.5 Å². The van der Waals surface area contributed by atoms with Crippen molar-refractivity contribution in [1.82, 2.24) is 15.5 Å². The Balaban J connectivity index is 1.69. The molecule has 2 N–H and O–H groups in total. The Morgan fingerprint density at radius 2 is 1.97 bits per heavy atom. The highest BCUT2D eigenvalue weighted by Gasteiger charge is 2.24. The van der Waals surface area contributed by atoms with Crippen molar-refractivity contribution < 1.29 is 19.1 Å². The quantitative estimate of drug-likeness (QED) is 0.765. The van der Waals surface area contributed by atoms with Crippen molar-refractivity contribution in [3.63, 3.8) is 0 Å². The zero-order valence-electron chi connectivity index (χ0n) is 17.7. The fourth-order valence-corrected chi connectivity index (χ4v) is 3.82. The molecular weight excluding hydrogens is 382 g/mol. The minimum absolute atomic E-state index is 0.0548. The zero-order chi connectivity index (χ0) is 21.5. The molecular formula is C23H29N3O4. The summed E-state index contributed by atoms with van der Waals surface area (Å²) in [6.07, 6.45) is 1.95. The molecule has 30 heavy (non-hydrogen) atoms. The van der Waals surface area contributed by atoms with Crippen molar-refractivity contribution in [3.05, 3.63) is 59.2 Å². The Morgan fingerprint density at radius 1 is 1.13 bits per heavy atom. The number of hydrogen-bond donors (Lipinski definition) is 2. The van der Waals surface area contributed by atoms with Crippen LogP contribution in [0.4, 0.5) is 4.79 Å². The summed E-state index contributed by atoms with van der Waals surface area (Å²) in [6.45, 7) is 1.75. The molecule has 0 radical (unpaired) electrons. The second kappa shape index (κ2) is 10.0. The number of nitrogens with one attached hydrogen (secondary N) is 2. The van der Waals surface area contributed by atoms with Crippen molar-refractivity contribution in [2.45, 2.75) is 25.3 Å². The number of amides is 3. The average Bonchev–Trinajstić information content (AvgIpc) is 2.81. The molecule has 0 saturated carbocycles. The van der Waals surface area contributed by atoms with Crippen LogP contribution < -0.4 is 20.1 Å². The summed E-state index contributed by atoms with van der Waals surface area (Å²) in [5, 5.41) is 5.65. The third-order valence-corrected chi connectivity index (χ3v) is 5.47. The molecule has 1 aliphatic heterocycles. The number of piperidine rings is 1. The number of hydrogen-bond acceptors (Lipinski definition) is 4. The number of rotatable bonds is 6. The molecule has 0 bridgehead atoms. The Bertz CT molecular complexity index is 900. The van der Waals surface area contributed by atoms with Crippen molar-refractivity contribution in [3.8, 4) is 11.5 Å². The lowest BCUT2D eigenvalue weighted by atomic mass is 9.89. The van der Waals surface area contributed by atoms with Crippen LogP contribution in [0.1, 0.15) is 40.2 Å². The van der Waals surface area contributed by atoms with Crippen LogP contribution >= 0.6 is 0 Å². The first kappa shape index (κ1) is 21.5. The smallest absolute Gasteiger partial charge is 0.317 e. The molecule has 1 saturated heterocycles. The summed E-state index contributed by atoms with van der Waals surface area (Å²) in [5.74, 6) is 1.48. The highest BCUT2D eigenvalue weighted by Crippen LogP contribution is 2.28. The lowest BCUT2D eigenvalue weighted by Crippen LogP contribution is -2.43. The van der Waals surface area contributed by atoms with E-state index in [1.54, 1.807) is 27.3 Å². The molecule has 1 atom stereocenters. The van der Waals surface area contributed by atoms with Crippen molar-refractivity contribution in [1.29, 1.82) is 0 Å². The fourth-order valence-electron chi connectivity index (χ4n) is 3.82. The molecule has 1 aliphatic rings. The maximum atomic E-state index is 12.8. The maximum Gasteiger partial charge on any atom is 0.317 e. The van der Waals surface area contributed by atoms with E-state index in [1.807, 2.05) is 41.3 Å². The third kappa shape index (κ3) is 5.03. The molecule has 7 heteroatoms. The van der Waals surface area contributed by atoms with Gasteiger partial charge in [0, 0.05) is 43.7 Å². The Labute approximate surface area is 177 Å². The first-order valence-corrected chi connectivity index (χ1v) is 10.1. The van der Waals surface area contributed by atoms with E-state index in [2.05, 4.69) is 10.6 Å². The highest BCUT2D eigenvalue weighted by molar-refractivity contribution is 5.94. The molecule has 2 aromatic rings. The van der Waals surface area contributed by atoms with Gasteiger partial charge in [0.15, 0.2) is 0 Å². The molecule has 3 rings (SSSR count). The van der Waals surface area contributed by atoms with E-state index >= 15 is 0 Å². The first-order chi connectivity index (χ1) is 14.5. The van der Waals surface area contributed by atoms with Gasteiger partial charge >= 0.3 is 6.03 Å². The molecule has 2 aromatic carbocycles. The van der Waals surface area contributed by atoms with Gasteiger partial charge in [-0.25, -0.2) is 4.79 Å². The summed E-state index contributed by atoms with van der Waals surface area (Å²) in [4.78, 5) is 26.6. The summed E-state index contributed by atoms with van der Waals surface area (Å²) in [6, 6.07) is 13.1. The van der Waals surface area contributed by atoms with Gasteiger partial charge in [-0.05, 0) is 48.7 Å². The predicted molar refractivity (Wildman–Crippen MR) is 115 cm³/mol. The fraction of sp³-hybridized carbons (Fsp3) is 0.391. The summed E-state index contributed by atoms with van der Waals surface area (Å²) in [7, 11) is 4.85. The van der Waals surface area contributed by atoms with Gasteiger partial charge in [-0.3, -0.25) is 4.79 Å². The minimum atomic E-state index is -0.152. The molecule has 0 aromatic heterocycles. The lowest BCUT2D eigenvalue weighted by molar-refractivity contribution is 0.0950. The van der Waals surface area contributed by atoms with Gasteiger partial charge in [-0.1, -0.05) is 12.1 Å². The van der Waals surface area contributed by atoms with Crippen LogP contribution in [-0.2, 0) is 6.54 Å². The highest BCUT2D eigenvalue weighted by atomic mass is 16.5. The number of carbonyl (C=O) groups is 2. The van der Waals surface area contributed by atoms with Crippen LogP contribution in [0.2, 0.25) is 0 Å². The maximum absolute atomic E-state index is 12.8. The monoisotopic (exact) mass is 411 g/mol. The predicted octanol–water partition coefficient (Wildman–Crippen LogP) is 3.15. The van der Waals surface area contributed by atoms with Gasteiger partial charge in [-0.2, -0.15) is 0 Å². The Morgan fingerprint density at radius 3 is 2.70 bits per heavy atom. The number of carbonyl (C=O) groups excluding carboxylic acids is 2. The summed E-state index contributed by atoms with van der Waals surface area (Å²) >= 11 is 0. The van der Waals surface area contributed by atoms with Crippen LogP contribution in [-0.4, -0.2) is 51.2 Å². The molecule has 3 amide bonds. The van der Waals surface area contributed by atoms with Crippen LogP contribution in [0.5, 0.6) is 11.5 Å². The minimum Gasteiger partial charge on any atom is -0.497 e.